The van der Waals surface area contributed by atoms with Crippen LogP contribution in [0.15, 0.2) is 24.3 Å². The van der Waals surface area contributed by atoms with Crippen molar-refractivity contribution in [3.63, 3.8) is 0 Å². The molecule has 0 heterocycles. The molecule has 0 atom stereocenters. The molecule has 1 aromatic carbocycles. The Kier molecular flexibility index (Phi) is 4.47. The molecule has 1 aromatic rings. The lowest BCUT2D eigenvalue weighted by Crippen LogP contribution is -2.13. The number of amidine groups is 1. The largest absolute Gasteiger partial charge is 0.494 e. The summed E-state index contributed by atoms with van der Waals surface area (Å²) in [4.78, 5) is 0. The first-order chi connectivity index (χ1) is 7.22. The van der Waals surface area contributed by atoms with E-state index in [0.717, 1.165) is 11.5 Å². The van der Waals surface area contributed by atoms with E-state index in [4.69, 9.17) is 20.6 Å². The van der Waals surface area contributed by atoms with Crippen LogP contribution in [0.25, 0.3) is 0 Å². The summed E-state index contributed by atoms with van der Waals surface area (Å²) >= 11 is 0. The second-order valence-corrected chi connectivity index (χ2v) is 3.03. The van der Waals surface area contributed by atoms with Gasteiger partial charge in [0.05, 0.1) is 19.0 Å². The molecule has 0 aliphatic rings. The van der Waals surface area contributed by atoms with Crippen LogP contribution in [0.2, 0.25) is 0 Å². The van der Waals surface area contributed by atoms with E-state index in [-0.39, 0.29) is 5.84 Å². The summed E-state index contributed by atoms with van der Waals surface area (Å²) in [6.45, 7) is 3.03. The Hall–Kier alpha value is -1.71. The summed E-state index contributed by atoms with van der Waals surface area (Å²) in [5, 5.41) is 7.03. The molecule has 0 amide bonds. The van der Waals surface area contributed by atoms with Gasteiger partial charge in [-0.2, -0.15) is 0 Å². The third-order valence-electron chi connectivity index (χ3n) is 1.77. The second-order valence-electron chi connectivity index (χ2n) is 3.03. The van der Waals surface area contributed by atoms with Crippen molar-refractivity contribution in [3.8, 4) is 11.5 Å². The van der Waals surface area contributed by atoms with Crippen molar-refractivity contribution in [2.75, 3.05) is 13.2 Å². The fourth-order valence-electron chi connectivity index (χ4n) is 1.08. The molecule has 0 unspecified atom stereocenters. The minimum atomic E-state index is 0.140. The molecule has 15 heavy (non-hydrogen) atoms. The number of nitrogens with one attached hydrogen (secondary N) is 1. The summed E-state index contributed by atoms with van der Waals surface area (Å²) < 4.78 is 10.7. The lowest BCUT2D eigenvalue weighted by molar-refractivity contribution is 0.323. The minimum Gasteiger partial charge on any atom is -0.494 e. The molecule has 3 N–H and O–H groups in total. The lowest BCUT2D eigenvalue weighted by Gasteiger charge is -2.06. The van der Waals surface area contributed by atoms with Gasteiger partial charge in [-0.25, -0.2) is 0 Å². The fourth-order valence-corrected chi connectivity index (χ4v) is 1.08. The number of benzene rings is 1. The zero-order valence-electron chi connectivity index (χ0n) is 8.82. The van der Waals surface area contributed by atoms with Crippen LogP contribution >= 0.6 is 0 Å². The standard InChI is InChI=1S/C11H16N2O2/c1-2-14-9-3-5-10(6-4-9)15-8-7-11(12)13/h3-6H,2,7-8H2,1H3,(H3,12,13). The van der Waals surface area contributed by atoms with Crippen LogP contribution in [0.1, 0.15) is 13.3 Å². The second kappa shape index (κ2) is 5.90. The summed E-state index contributed by atoms with van der Waals surface area (Å²) in [7, 11) is 0. The predicted molar refractivity (Wildman–Crippen MR) is 59.6 cm³/mol. The Morgan fingerprint density at radius 2 is 1.73 bits per heavy atom. The van der Waals surface area contributed by atoms with Crippen LogP contribution in [-0.2, 0) is 0 Å². The van der Waals surface area contributed by atoms with Gasteiger partial charge in [0.15, 0.2) is 0 Å². The van der Waals surface area contributed by atoms with E-state index < -0.39 is 0 Å². The van der Waals surface area contributed by atoms with Crippen LogP contribution < -0.4 is 15.2 Å². The highest BCUT2D eigenvalue weighted by Crippen LogP contribution is 2.17. The van der Waals surface area contributed by atoms with E-state index in [1.165, 1.54) is 0 Å². The van der Waals surface area contributed by atoms with Gasteiger partial charge in [-0.1, -0.05) is 0 Å². The van der Waals surface area contributed by atoms with Crippen LogP contribution in [0.4, 0.5) is 0 Å². The van der Waals surface area contributed by atoms with Crippen molar-refractivity contribution in [3.05, 3.63) is 24.3 Å². The first-order valence-corrected chi connectivity index (χ1v) is 4.91. The molecule has 0 aromatic heterocycles. The Labute approximate surface area is 89.5 Å². The zero-order chi connectivity index (χ0) is 11.1. The smallest absolute Gasteiger partial charge is 0.119 e. The molecular formula is C11H16N2O2. The Morgan fingerprint density at radius 1 is 1.20 bits per heavy atom. The van der Waals surface area contributed by atoms with Crippen LogP contribution in [0.5, 0.6) is 11.5 Å². The average molecular weight is 208 g/mol. The van der Waals surface area contributed by atoms with Crippen molar-refractivity contribution in [1.29, 1.82) is 5.41 Å². The van der Waals surface area contributed by atoms with Gasteiger partial charge in [-0.3, -0.25) is 5.41 Å². The molecule has 1 rings (SSSR count). The summed E-state index contributed by atoms with van der Waals surface area (Å²) in [5.41, 5.74) is 5.20. The van der Waals surface area contributed by atoms with Crippen LogP contribution in [-0.4, -0.2) is 19.0 Å². The Bertz CT molecular complexity index is 309. The highest BCUT2D eigenvalue weighted by Gasteiger charge is 1.96. The number of hydrogen-bond donors (Lipinski definition) is 2. The monoisotopic (exact) mass is 208 g/mol. The van der Waals surface area contributed by atoms with Gasteiger partial charge >= 0.3 is 0 Å². The minimum absolute atomic E-state index is 0.140. The van der Waals surface area contributed by atoms with E-state index >= 15 is 0 Å². The van der Waals surface area contributed by atoms with Crippen LogP contribution in [0.3, 0.4) is 0 Å². The summed E-state index contributed by atoms with van der Waals surface area (Å²) in [6.07, 6.45) is 0.452. The number of nitrogens with two attached hydrogens (primary N) is 1. The molecule has 0 saturated heterocycles. The van der Waals surface area contributed by atoms with Crippen molar-refractivity contribution in [2.24, 2.45) is 5.73 Å². The molecule has 0 radical (unpaired) electrons. The van der Waals surface area contributed by atoms with E-state index in [1.807, 2.05) is 31.2 Å². The third kappa shape index (κ3) is 4.35. The number of rotatable bonds is 6. The Morgan fingerprint density at radius 3 is 2.20 bits per heavy atom. The number of ether oxygens (including phenoxy) is 2. The number of hydrogen-bond acceptors (Lipinski definition) is 3. The zero-order valence-corrected chi connectivity index (χ0v) is 8.82. The quantitative estimate of drug-likeness (QED) is 0.553. The molecule has 0 aliphatic carbocycles. The third-order valence-corrected chi connectivity index (χ3v) is 1.77. The van der Waals surface area contributed by atoms with E-state index in [2.05, 4.69) is 0 Å². The van der Waals surface area contributed by atoms with Crippen molar-refractivity contribution < 1.29 is 9.47 Å². The van der Waals surface area contributed by atoms with E-state index in [1.54, 1.807) is 0 Å². The first-order valence-electron chi connectivity index (χ1n) is 4.91. The molecular weight excluding hydrogens is 192 g/mol. The molecule has 0 spiro atoms. The van der Waals surface area contributed by atoms with Gasteiger partial charge in [0, 0.05) is 6.42 Å². The predicted octanol–water partition coefficient (Wildman–Crippen LogP) is 1.79. The molecule has 0 fully saturated rings. The SMILES string of the molecule is CCOc1ccc(OCCC(=N)N)cc1. The lowest BCUT2D eigenvalue weighted by atomic mass is 10.3. The van der Waals surface area contributed by atoms with Gasteiger partial charge in [0.1, 0.15) is 11.5 Å². The topological polar surface area (TPSA) is 68.3 Å². The van der Waals surface area contributed by atoms with Crippen molar-refractivity contribution in [1.82, 2.24) is 0 Å². The van der Waals surface area contributed by atoms with Gasteiger partial charge in [-0.05, 0) is 31.2 Å². The van der Waals surface area contributed by atoms with E-state index in [9.17, 15) is 0 Å². The molecule has 4 heteroatoms. The van der Waals surface area contributed by atoms with Gasteiger partial charge in [0.2, 0.25) is 0 Å². The van der Waals surface area contributed by atoms with Gasteiger partial charge < -0.3 is 15.2 Å². The van der Waals surface area contributed by atoms with Crippen molar-refractivity contribution >= 4 is 5.84 Å². The van der Waals surface area contributed by atoms with Gasteiger partial charge in [0.25, 0.3) is 0 Å². The maximum absolute atomic E-state index is 7.03. The highest BCUT2D eigenvalue weighted by molar-refractivity contribution is 5.76. The maximum Gasteiger partial charge on any atom is 0.119 e. The van der Waals surface area contributed by atoms with E-state index in [0.29, 0.717) is 19.6 Å². The van der Waals surface area contributed by atoms with Crippen molar-refractivity contribution in [2.45, 2.75) is 13.3 Å². The Balaban J connectivity index is 2.39. The van der Waals surface area contributed by atoms with Crippen LogP contribution in [0, 0.1) is 5.41 Å². The fraction of sp³-hybridized carbons (Fsp3) is 0.364. The first kappa shape index (κ1) is 11.4. The highest BCUT2D eigenvalue weighted by atomic mass is 16.5. The maximum atomic E-state index is 7.03. The molecule has 0 bridgehead atoms. The summed E-state index contributed by atoms with van der Waals surface area (Å²) in [6, 6.07) is 7.38. The summed E-state index contributed by atoms with van der Waals surface area (Å²) in [5.74, 6) is 1.73. The molecule has 0 saturated carbocycles. The normalized spacial score (nSPS) is 9.67. The molecule has 0 aliphatic heterocycles. The molecule has 4 nitrogen and oxygen atoms in total. The average Bonchev–Trinajstić information content (AvgIpc) is 2.20. The van der Waals surface area contributed by atoms with Gasteiger partial charge in [-0.15, -0.1) is 0 Å². The molecule has 82 valence electrons.